The van der Waals surface area contributed by atoms with E-state index in [2.05, 4.69) is 0 Å². The van der Waals surface area contributed by atoms with Crippen molar-refractivity contribution in [2.75, 3.05) is 0 Å². The second kappa shape index (κ2) is 5.73. The highest BCUT2D eigenvalue weighted by atomic mass is 16.4. The van der Waals surface area contributed by atoms with Gasteiger partial charge in [-0.05, 0) is 12.3 Å². The fourth-order valence-corrected chi connectivity index (χ4v) is 0.977. The highest BCUT2D eigenvalue weighted by Gasteiger charge is 2.10. The molecular weight excluding hydrogens is 168 g/mol. The predicted octanol–water partition coefficient (Wildman–Crippen LogP) is 0.768. The number of hydrogen-bond donors (Lipinski definition) is 0. The molecule has 76 valence electrons. The largest absolute Gasteiger partial charge is 0.550 e. The fourth-order valence-electron chi connectivity index (χ4n) is 0.977. The van der Waals surface area contributed by atoms with Gasteiger partial charge in [-0.1, -0.05) is 20.8 Å². The SMILES string of the molecule is CC(C)CCC(=O)CC(C)C(=O)[O-]. The highest BCUT2D eigenvalue weighted by molar-refractivity contribution is 5.82. The Morgan fingerprint density at radius 1 is 1.23 bits per heavy atom. The summed E-state index contributed by atoms with van der Waals surface area (Å²) in [6.45, 7) is 5.58. The molecule has 0 aliphatic rings. The number of Topliss-reactive ketones (excluding diaryl/α,β-unsaturated/α-hetero) is 1. The molecule has 0 amide bonds. The Bertz CT molecular complexity index is 185. The van der Waals surface area contributed by atoms with Crippen LogP contribution in [0.25, 0.3) is 0 Å². The van der Waals surface area contributed by atoms with Gasteiger partial charge in [0.2, 0.25) is 0 Å². The van der Waals surface area contributed by atoms with Gasteiger partial charge in [-0.3, -0.25) is 4.79 Å². The van der Waals surface area contributed by atoms with Gasteiger partial charge in [0.1, 0.15) is 5.78 Å². The third kappa shape index (κ3) is 6.31. The molecule has 0 bridgehead atoms. The Labute approximate surface area is 79.1 Å². The Morgan fingerprint density at radius 3 is 2.15 bits per heavy atom. The maximum atomic E-state index is 11.2. The summed E-state index contributed by atoms with van der Waals surface area (Å²) in [4.78, 5) is 21.5. The molecule has 3 heteroatoms. The minimum Gasteiger partial charge on any atom is -0.550 e. The molecule has 0 aromatic carbocycles. The van der Waals surface area contributed by atoms with Crippen LogP contribution in [0.15, 0.2) is 0 Å². The number of carboxylic acid groups (broad SMARTS) is 1. The number of ketones is 1. The molecular formula is C10H17O3-. The van der Waals surface area contributed by atoms with Gasteiger partial charge in [-0.15, -0.1) is 0 Å². The van der Waals surface area contributed by atoms with Crippen molar-refractivity contribution < 1.29 is 14.7 Å². The molecule has 0 aliphatic carbocycles. The first-order valence-electron chi connectivity index (χ1n) is 4.66. The van der Waals surface area contributed by atoms with Gasteiger partial charge in [0.25, 0.3) is 0 Å². The minimum atomic E-state index is -1.14. The third-order valence-corrected chi connectivity index (χ3v) is 1.94. The average Bonchev–Trinajstić information content (AvgIpc) is 2.00. The van der Waals surface area contributed by atoms with Crippen LogP contribution in [0.4, 0.5) is 0 Å². The van der Waals surface area contributed by atoms with Crippen molar-refractivity contribution in [3.8, 4) is 0 Å². The summed E-state index contributed by atoms with van der Waals surface area (Å²) in [6.07, 6.45) is 1.42. The van der Waals surface area contributed by atoms with E-state index in [0.29, 0.717) is 12.3 Å². The van der Waals surface area contributed by atoms with Crippen molar-refractivity contribution in [1.29, 1.82) is 0 Å². The first-order chi connectivity index (χ1) is 5.93. The van der Waals surface area contributed by atoms with Crippen LogP contribution >= 0.6 is 0 Å². The fraction of sp³-hybridized carbons (Fsp3) is 0.800. The Balaban J connectivity index is 3.68. The molecule has 0 saturated carbocycles. The molecule has 0 spiro atoms. The summed E-state index contributed by atoms with van der Waals surface area (Å²) >= 11 is 0. The van der Waals surface area contributed by atoms with Gasteiger partial charge in [-0.25, -0.2) is 0 Å². The molecule has 13 heavy (non-hydrogen) atoms. The van der Waals surface area contributed by atoms with Gasteiger partial charge in [0, 0.05) is 24.7 Å². The van der Waals surface area contributed by atoms with Crippen LogP contribution in [-0.2, 0) is 9.59 Å². The van der Waals surface area contributed by atoms with E-state index in [9.17, 15) is 14.7 Å². The summed E-state index contributed by atoms with van der Waals surface area (Å²) in [7, 11) is 0. The maximum Gasteiger partial charge on any atom is 0.133 e. The molecule has 3 nitrogen and oxygen atoms in total. The third-order valence-electron chi connectivity index (χ3n) is 1.94. The van der Waals surface area contributed by atoms with Crippen LogP contribution in [0, 0.1) is 11.8 Å². The Morgan fingerprint density at radius 2 is 1.77 bits per heavy atom. The molecule has 0 fully saturated rings. The van der Waals surface area contributed by atoms with Crippen LogP contribution in [0.5, 0.6) is 0 Å². The predicted molar refractivity (Wildman–Crippen MR) is 47.9 cm³/mol. The monoisotopic (exact) mass is 185 g/mol. The zero-order chi connectivity index (χ0) is 10.4. The maximum absolute atomic E-state index is 11.2. The first kappa shape index (κ1) is 12.1. The number of carbonyl (C=O) groups is 2. The molecule has 0 rings (SSSR count). The van der Waals surface area contributed by atoms with E-state index in [1.165, 1.54) is 6.92 Å². The van der Waals surface area contributed by atoms with E-state index >= 15 is 0 Å². The van der Waals surface area contributed by atoms with Gasteiger partial charge < -0.3 is 9.90 Å². The van der Waals surface area contributed by atoms with Crippen LogP contribution < -0.4 is 5.11 Å². The van der Waals surface area contributed by atoms with Crippen LogP contribution in [0.2, 0.25) is 0 Å². The van der Waals surface area contributed by atoms with Crippen molar-refractivity contribution in [1.82, 2.24) is 0 Å². The number of carboxylic acids is 1. The van der Waals surface area contributed by atoms with Crippen molar-refractivity contribution in [3.63, 3.8) is 0 Å². The van der Waals surface area contributed by atoms with Crippen molar-refractivity contribution in [2.45, 2.75) is 40.0 Å². The van der Waals surface area contributed by atoms with Crippen molar-refractivity contribution in [3.05, 3.63) is 0 Å². The molecule has 1 unspecified atom stereocenters. The summed E-state index contributed by atoms with van der Waals surface area (Å²) < 4.78 is 0. The zero-order valence-corrected chi connectivity index (χ0v) is 8.50. The van der Waals surface area contributed by atoms with Crippen LogP contribution in [0.3, 0.4) is 0 Å². The van der Waals surface area contributed by atoms with Gasteiger partial charge in [-0.2, -0.15) is 0 Å². The second-order valence-corrected chi connectivity index (χ2v) is 3.90. The normalized spacial score (nSPS) is 12.9. The van der Waals surface area contributed by atoms with E-state index < -0.39 is 11.9 Å². The Kier molecular flexibility index (Phi) is 5.35. The summed E-state index contributed by atoms with van der Waals surface area (Å²) in [5.74, 6) is -1.29. The van der Waals surface area contributed by atoms with E-state index in [-0.39, 0.29) is 12.2 Å². The van der Waals surface area contributed by atoms with Crippen molar-refractivity contribution in [2.24, 2.45) is 11.8 Å². The molecule has 0 aromatic rings. The average molecular weight is 185 g/mol. The Hall–Kier alpha value is -0.860. The van der Waals surface area contributed by atoms with E-state index in [1.807, 2.05) is 13.8 Å². The number of aliphatic carboxylic acids is 1. The van der Waals surface area contributed by atoms with Crippen LogP contribution in [0.1, 0.15) is 40.0 Å². The number of carbonyl (C=O) groups excluding carboxylic acids is 2. The topological polar surface area (TPSA) is 57.2 Å². The smallest absolute Gasteiger partial charge is 0.133 e. The number of hydrogen-bond acceptors (Lipinski definition) is 3. The van der Waals surface area contributed by atoms with Crippen molar-refractivity contribution >= 4 is 11.8 Å². The molecule has 1 atom stereocenters. The van der Waals surface area contributed by atoms with E-state index in [4.69, 9.17) is 0 Å². The lowest BCUT2D eigenvalue weighted by atomic mass is 9.99. The molecule has 0 aliphatic heterocycles. The van der Waals surface area contributed by atoms with E-state index in [0.717, 1.165) is 6.42 Å². The number of rotatable bonds is 6. The van der Waals surface area contributed by atoms with Crippen LogP contribution in [-0.4, -0.2) is 11.8 Å². The van der Waals surface area contributed by atoms with Gasteiger partial charge in [0.15, 0.2) is 0 Å². The van der Waals surface area contributed by atoms with Gasteiger partial charge in [0.05, 0.1) is 0 Å². The summed E-state index contributed by atoms with van der Waals surface area (Å²) in [5, 5.41) is 10.3. The first-order valence-corrected chi connectivity index (χ1v) is 4.66. The minimum absolute atomic E-state index is 0.0189. The molecule has 0 heterocycles. The second-order valence-electron chi connectivity index (χ2n) is 3.90. The standard InChI is InChI=1S/C10H18O3/c1-7(2)4-5-9(11)6-8(3)10(12)13/h7-8H,4-6H2,1-3H3,(H,12,13)/p-1. The molecule has 0 saturated heterocycles. The highest BCUT2D eigenvalue weighted by Crippen LogP contribution is 2.09. The lowest BCUT2D eigenvalue weighted by Gasteiger charge is -2.11. The lowest BCUT2D eigenvalue weighted by Crippen LogP contribution is -2.30. The molecule has 0 radical (unpaired) electrons. The summed E-state index contributed by atoms with van der Waals surface area (Å²) in [5.41, 5.74) is 0. The lowest BCUT2D eigenvalue weighted by molar-refractivity contribution is -0.311. The quantitative estimate of drug-likeness (QED) is 0.614. The van der Waals surface area contributed by atoms with E-state index in [1.54, 1.807) is 0 Å². The molecule has 0 N–H and O–H groups in total. The zero-order valence-electron chi connectivity index (χ0n) is 8.50. The molecule has 0 aromatic heterocycles. The van der Waals surface area contributed by atoms with Gasteiger partial charge >= 0.3 is 0 Å². The summed E-state index contributed by atoms with van der Waals surface area (Å²) in [6, 6.07) is 0.